The second-order valence-corrected chi connectivity index (χ2v) is 5.19. The maximum Gasteiger partial charge on any atom is 0.314 e. The number of hydrogen-bond donors (Lipinski definition) is 2. The summed E-state index contributed by atoms with van der Waals surface area (Å²) in [6, 6.07) is 7.09. The van der Waals surface area contributed by atoms with Gasteiger partial charge in [0, 0.05) is 19.6 Å². The van der Waals surface area contributed by atoms with Gasteiger partial charge in [0.25, 0.3) is 0 Å². The molecule has 1 aliphatic rings. The number of amides is 3. The molecular weight excluding hydrogens is 270 g/mol. The van der Waals surface area contributed by atoms with E-state index in [0.717, 1.165) is 24.2 Å². The number of urea groups is 1. The highest BCUT2D eigenvalue weighted by Crippen LogP contribution is 2.17. The summed E-state index contributed by atoms with van der Waals surface area (Å²) in [6.45, 7) is 1.51. The lowest BCUT2D eigenvalue weighted by molar-refractivity contribution is -0.126. The number of benzene rings is 1. The molecule has 0 aromatic heterocycles. The smallest absolute Gasteiger partial charge is 0.314 e. The number of hydrogen-bond acceptors (Lipinski definition) is 3. The van der Waals surface area contributed by atoms with Gasteiger partial charge in [-0.25, -0.2) is 4.79 Å². The maximum atomic E-state index is 12.1. The van der Waals surface area contributed by atoms with Crippen LogP contribution >= 0.6 is 0 Å². The molecule has 0 unspecified atom stereocenters. The van der Waals surface area contributed by atoms with Crippen molar-refractivity contribution >= 4 is 11.9 Å². The Bertz CT molecular complexity index is 501. The van der Waals surface area contributed by atoms with Gasteiger partial charge in [0.2, 0.25) is 5.91 Å². The second kappa shape index (κ2) is 6.97. The first kappa shape index (κ1) is 15.2. The molecule has 0 spiro atoms. The van der Waals surface area contributed by atoms with Crippen LogP contribution in [0.15, 0.2) is 24.3 Å². The quantitative estimate of drug-likeness (QED) is 0.871. The van der Waals surface area contributed by atoms with E-state index in [9.17, 15) is 9.59 Å². The zero-order valence-corrected chi connectivity index (χ0v) is 12.2. The van der Waals surface area contributed by atoms with Gasteiger partial charge in [-0.3, -0.25) is 4.79 Å². The number of rotatable bonds is 4. The van der Waals surface area contributed by atoms with Crippen molar-refractivity contribution in [3.63, 3.8) is 0 Å². The van der Waals surface area contributed by atoms with Crippen LogP contribution in [0.2, 0.25) is 0 Å². The van der Waals surface area contributed by atoms with Crippen LogP contribution in [0, 0.1) is 5.92 Å². The fourth-order valence-corrected chi connectivity index (χ4v) is 2.47. The highest BCUT2D eigenvalue weighted by Gasteiger charge is 2.27. The Labute approximate surface area is 124 Å². The van der Waals surface area contributed by atoms with Gasteiger partial charge >= 0.3 is 6.03 Å². The molecule has 6 heteroatoms. The van der Waals surface area contributed by atoms with Gasteiger partial charge in [-0.1, -0.05) is 12.1 Å². The van der Waals surface area contributed by atoms with Crippen LogP contribution in [0.5, 0.6) is 5.75 Å². The van der Waals surface area contributed by atoms with Crippen LogP contribution < -0.4 is 15.8 Å². The third kappa shape index (κ3) is 4.11. The molecule has 114 valence electrons. The normalized spacial score (nSPS) is 18.1. The fourth-order valence-electron chi connectivity index (χ4n) is 2.47. The van der Waals surface area contributed by atoms with Gasteiger partial charge in [-0.15, -0.1) is 0 Å². The minimum atomic E-state index is -0.456. The van der Waals surface area contributed by atoms with Gasteiger partial charge in [-0.2, -0.15) is 0 Å². The summed E-state index contributed by atoms with van der Waals surface area (Å²) in [4.78, 5) is 24.8. The van der Waals surface area contributed by atoms with Crippen molar-refractivity contribution in [3.8, 4) is 5.75 Å². The van der Waals surface area contributed by atoms with Crippen molar-refractivity contribution in [2.45, 2.75) is 19.4 Å². The van der Waals surface area contributed by atoms with Gasteiger partial charge < -0.3 is 20.7 Å². The summed E-state index contributed by atoms with van der Waals surface area (Å²) < 4.78 is 5.09. The van der Waals surface area contributed by atoms with Crippen molar-refractivity contribution in [1.29, 1.82) is 0 Å². The molecular formula is C15H21N3O3. The summed E-state index contributed by atoms with van der Waals surface area (Å²) in [5, 5.41) is 2.91. The number of piperidine rings is 1. The van der Waals surface area contributed by atoms with Crippen LogP contribution in [0.4, 0.5) is 4.79 Å². The van der Waals surface area contributed by atoms with E-state index < -0.39 is 6.03 Å². The average Bonchev–Trinajstić information content (AvgIpc) is 2.53. The Kier molecular flexibility index (Phi) is 5.03. The molecule has 3 amide bonds. The van der Waals surface area contributed by atoms with Gasteiger partial charge in [-0.05, 0) is 30.5 Å². The van der Waals surface area contributed by atoms with Crippen LogP contribution in [0.1, 0.15) is 18.4 Å². The average molecular weight is 291 g/mol. The highest BCUT2D eigenvalue weighted by molar-refractivity contribution is 5.80. The van der Waals surface area contributed by atoms with Crippen molar-refractivity contribution in [2.75, 3.05) is 20.2 Å². The van der Waals surface area contributed by atoms with E-state index in [-0.39, 0.29) is 11.8 Å². The van der Waals surface area contributed by atoms with E-state index in [1.807, 2.05) is 24.3 Å². The number of carbonyl (C=O) groups excluding carboxylic acids is 2. The monoisotopic (exact) mass is 291 g/mol. The fraction of sp³-hybridized carbons (Fsp3) is 0.467. The number of nitrogens with two attached hydrogens (primary N) is 1. The topological polar surface area (TPSA) is 84.7 Å². The summed E-state index contributed by atoms with van der Waals surface area (Å²) in [5.74, 6) is 0.579. The molecule has 3 N–H and O–H groups in total. The number of carbonyl (C=O) groups is 2. The largest absolute Gasteiger partial charge is 0.497 e. The minimum absolute atomic E-state index is 0.0308. The van der Waals surface area contributed by atoms with Crippen molar-refractivity contribution < 1.29 is 14.3 Å². The lowest BCUT2D eigenvalue weighted by Gasteiger charge is -2.30. The molecule has 1 aromatic rings. The van der Waals surface area contributed by atoms with E-state index in [4.69, 9.17) is 10.5 Å². The zero-order chi connectivity index (χ0) is 15.2. The standard InChI is InChI=1S/C15H21N3O3/c1-21-13-6-4-11(5-7-13)9-17-14(19)12-3-2-8-18(10-12)15(16)20/h4-7,12H,2-3,8-10H2,1H3,(H2,16,20)(H,17,19)/t12-/m0/s1. The lowest BCUT2D eigenvalue weighted by atomic mass is 9.97. The Morgan fingerprint density at radius 2 is 2.10 bits per heavy atom. The second-order valence-electron chi connectivity index (χ2n) is 5.19. The Morgan fingerprint density at radius 3 is 2.71 bits per heavy atom. The number of methoxy groups -OCH3 is 1. The van der Waals surface area contributed by atoms with Crippen molar-refractivity contribution in [3.05, 3.63) is 29.8 Å². The Balaban J connectivity index is 1.84. The summed E-state index contributed by atoms with van der Waals surface area (Å²) in [7, 11) is 1.62. The first-order chi connectivity index (χ1) is 10.1. The van der Waals surface area contributed by atoms with Crippen molar-refractivity contribution in [1.82, 2.24) is 10.2 Å². The maximum absolute atomic E-state index is 12.1. The highest BCUT2D eigenvalue weighted by atomic mass is 16.5. The zero-order valence-electron chi connectivity index (χ0n) is 12.2. The SMILES string of the molecule is COc1ccc(CNC(=O)[C@H]2CCCN(C(N)=O)C2)cc1. The van der Waals surface area contributed by atoms with E-state index in [1.165, 1.54) is 4.90 Å². The summed E-state index contributed by atoms with van der Waals surface area (Å²) in [5.41, 5.74) is 6.27. The molecule has 1 atom stereocenters. The molecule has 0 bridgehead atoms. The Morgan fingerprint density at radius 1 is 1.38 bits per heavy atom. The number of nitrogens with zero attached hydrogens (tertiary/aromatic N) is 1. The lowest BCUT2D eigenvalue weighted by Crippen LogP contribution is -2.47. The van der Waals surface area contributed by atoms with Gasteiger partial charge in [0.15, 0.2) is 0 Å². The summed E-state index contributed by atoms with van der Waals surface area (Å²) >= 11 is 0. The van der Waals surface area contributed by atoms with E-state index in [1.54, 1.807) is 7.11 Å². The molecule has 1 saturated heterocycles. The third-order valence-electron chi connectivity index (χ3n) is 3.73. The molecule has 21 heavy (non-hydrogen) atoms. The van der Waals surface area contributed by atoms with Crippen LogP contribution in [0.3, 0.4) is 0 Å². The Hall–Kier alpha value is -2.24. The molecule has 1 heterocycles. The molecule has 1 aliphatic heterocycles. The molecule has 0 radical (unpaired) electrons. The number of ether oxygens (including phenoxy) is 1. The number of primary amides is 1. The third-order valence-corrected chi connectivity index (χ3v) is 3.73. The predicted molar refractivity (Wildman–Crippen MR) is 78.7 cm³/mol. The molecule has 1 aromatic carbocycles. The molecule has 1 fully saturated rings. The minimum Gasteiger partial charge on any atom is -0.497 e. The first-order valence-electron chi connectivity index (χ1n) is 7.05. The van der Waals surface area contributed by atoms with Crippen molar-refractivity contribution in [2.24, 2.45) is 11.7 Å². The van der Waals surface area contributed by atoms with E-state index in [2.05, 4.69) is 5.32 Å². The van der Waals surface area contributed by atoms with Crippen LogP contribution in [-0.2, 0) is 11.3 Å². The first-order valence-corrected chi connectivity index (χ1v) is 7.05. The van der Waals surface area contributed by atoms with Crippen LogP contribution in [0.25, 0.3) is 0 Å². The molecule has 2 rings (SSSR count). The molecule has 0 aliphatic carbocycles. The van der Waals surface area contributed by atoms with Gasteiger partial charge in [0.1, 0.15) is 5.75 Å². The predicted octanol–water partition coefficient (Wildman–Crippen LogP) is 1.10. The number of nitrogens with one attached hydrogen (secondary N) is 1. The van der Waals surface area contributed by atoms with E-state index >= 15 is 0 Å². The number of likely N-dealkylation sites (tertiary alicyclic amines) is 1. The van der Waals surface area contributed by atoms with Gasteiger partial charge in [0.05, 0.1) is 13.0 Å². The molecule has 0 saturated carbocycles. The van der Waals surface area contributed by atoms with Crippen LogP contribution in [-0.4, -0.2) is 37.0 Å². The summed E-state index contributed by atoms with van der Waals surface area (Å²) in [6.07, 6.45) is 1.60. The van der Waals surface area contributed by atoms with E-state index in [0.29, 0.717) is 19.6 Å². The molecule has 6 nitrogen and oxygen atoms in total.